The van der Waals surface area contributed by atoms with Crippen molar-refractivity contribution in [2.75, 3.05) is 32.7 Å². The number of aromatic nitrogens is 1. The average molecular weight is 494 g/mol. The lowest BCUT2D eigenvalue weighted by molar-refractivity contribution is 0.158. The topological polar surface area (TPSA) is 52.6 Å². The first-order valence-electron chi connectivity index (χ1n) is 9.86. The van der Waals surface area contributed by atoms with E-state index in [4.69, 9.17) is 4.99 Å². The smallest absolute Gasteiger partial charge is 0.191 e. The van der Waals surface area contributed by atoms with Gasteiger partial charge in [0.15, 0.2) is 5.96 Å². The van der Waals surface area contributed by atoms with Gasteiger partial charge in [-0.3, -0.25) is 4.99 Å². The van der Waals surface area contributed by atoms with Gasteiger partial charge in [0.25, 0.3) is 0 Å². The van der Waals surface area contributed by atoms with Crippen molar-refractivity contribution in [1.29, 1.82) is 0 Å². The molecule has 1 fully saturated rings. The Morgan fingerprint density at radius 2 is 2.19 bits per heavy atom. The maximum absolute atomic E-state index is 4.71. The summed E-state index contributed by atoms with van der Waals surface area (Å²) in [6.45, 7) is 11.8. The van der Waals surface area contributed by atoms with Crippen LogP contribution in [-0.4, -0.2) is 54.6 Å². The van der Waals surface area contributed by atoms with E-state index in [1.807, 2.05) is 6.20 Å². The zero-order chi connectivity index (χ0) is 17.9. The van der Waals surface area contributed by atoms with Gasteiger partial charge in [0, 0.05) is 43.2 Å². The number of hydrogen-bond donors (Lipinski definition) is 2. The van der Waals surface area contributed by atoms with Crippen molar-refractivity contribution >= 4 is 41.3 Å². The Morgan fingerprint density at radius 3 is 2.88 bits per heavy atom. The Hall–Kier alpha value is -0.410. The molecule has 1 atom stereocenters. The molecule has 7 heteroatoms. The second-order valence-electron chi connectivity index (χ2n) is 6.89. The van der Waals surface area contributed by atoms with Crippen LogP contribution in [0, 0.1) is 6.92 Å². The number of nitrogens with one attached hydrogen (secondary N) is 2. The first-order valence-corrected chi connectivity index (χ1v) is 10.7. The van der Waals surface area contributed by atoms with Crippen LogP contribution in [0.25, 0.3) is 0 Å². The Bertz CT molecular complexity index is 520. The van der Waals surface area contributed by atoms with E-state index in [9.17, 15) is 0 Å². The summed E-state index contributed by atoms with van der Waals surface area (Å²) in [7, 11) is 0. The van der Waals surface area contributed by atoms with Gasteiger partial charge in [0.2, 0.25) is 0 Å². The molecular formula is C19H36IN5S. The second kappa shape index (κ2) is 13.7. The molecule has 1 aliphatic heterocycles. The molecule has 0 saturated carbocycles. The third-order valence-electron chi connectivity index (χ3n) is 4.71. The lowest BCUT2D eigenvalue weighted by atomic mass is 10.0. The summed E-state index contributed by atoms with van der Waals surface area (Å²) < 4.78 is 0. The first kappa shape index (κ1) is 23.6. The monoisotopic (exact) mass is 493 g/mol. The molecule has 1 aliphatic rings. The number of likely N-dealkylation sites (tertiary alicyclic amines) is 1. The van der Waals surface area contributed by atoms with Gasteiger partial charge in [0.05, 0.1) is 5.01 Å². The predicted molar refractivity (Wildman–Crippen MR) is 124 cm³/mol. The zero-order valence-corrected chi connectivity index (χ0v) is 19.7. The minimum absolute atomic E-state index is 0. The number of aryl methyl sites for hydroxylation is 1. The number of hydrogen-bond acceptors (Lipinski definition) is 4. The highest BCUT2D eigenvalue weighted by Crippen LogP contribution is 2.16. The van der Waals surface area contributed by atoms with E-state index in [0.717, 1.165) is 44.5 Å². The molecule has 0 amide bonds. The molecule has 1 aromatic heterocycles. The van der Waals surface area contributed by atoms with Crippen LogP contribution in [0.4, 0.5) is 0 Å². The quantitative estimate of drug-likeness (QED) is 0.238. The molecule has 26 heavy (non-hydrogen) atoms. The predicted octanol–water partition coefficient (Wildman–Crippen LogP) is 3.82. The number of piperidine rings is 1. The van der Waals surface area contributed by atoms with Crippen molar-refractivity contribution < 1.29 is 0 Å². The Morgan fingerprint density at radius 1 is 1.35 bits per heavy atom. The van der Waals surface area contributed by atoms with Crippen LogP contribution < -0.4 is 10.6 Å². The largest absolute Gasteiger partial charge is 0.357 e. The third-order valence-corrected chi connectivity index (χ3v) is 5.68. The van der Waals surface area contributed by atoms with E-state index in [0.29, 0.717) is 0 Å². The molecule has 1 aromatic rings. The number of rotatable bonds is 9. The fourth-order valence-corrected chi connectivity index (χ4v) is 4.04. The number of thiazole rings is 1. The highest BCUT2D eigenvalue weighted by atomic mass is 127. The summed E-state index contributed by atoms with van der Waals surface area (Å²) in [5.74, 6) is 0.933. The highest BCUT2D eigenvalue weighted by Gasteiger charge is 2.16. The first-order chi connectivity index (χ1) is 12.2. The molecule has 1 unspecified atom stereocenters. The van der Waals surface area contributed by atoms with Crippen LogP contribution in [0.1, 0.15) is 55.8 Å². The summed E-state index contributed by atoms with van der Waals surface area (Å²) in [6.07, 6.45) is 9.44. The van der Waals surface area contributed by atoms with Gasteiger partial charge in [0.1, 0.15) is 0 Å². The van der Waals surface area contributed by atoms with Gasteiger partial charge in [-0.25, -0.2) is 4.98 Å². The maximum atomic E-state index is 4.71. The van der Waals surface area contributed by atoms with Crippen molar-refractivity contribution in [1.82, 2.24) is 20.5 Å². The maximum Gasteiger partial charge on any atom is 0.191 e. The fraction of sp³-hybridized carbons (Fsp3) is 0.789. The van der Waals surface area contributed by atoms with Crippen molar-refractivity contribution in [2.45, 2.75) is 65.3 Å². The normalized spacial score (nSPS) is 18.4. The van der Waals surface area contributed by atoms with Crippen molar-refractivity contribution in [3.63, 3.8) is 0 Å². The number of unbranched alkanes of at least 4 members (excludes halogenated alkanes) is 1. The minimum Gasteiger partial charge on any atom is -0.357 e. The fourth-order valence-electron chi connectivity index (χ4n) is 3.25. The number of aliphatic imine (C=N–C) groups is 1. The van der Waals surface area contributed by atoms with Crippen LogP contribution in [-0.2, 0) is 6.42 Å². The van der Waals surface area contributed by atoms with E-state index < -0.39 is 0 Å². The SMILES string of the molecule is CCNC(=NCCCCN1CCCCC1C)NCCc1ncc(C)s1.I. The molecule has 5 nitrogen and oxygen atoms in total. The molecular weight excluding hydrogens is 457 g/mol. The van der Waals surface area contributed by atoms with Gasteiger partial charge in [-0.05, 0) is 59.5 Å². The number of halogens is 1. The van der Waals surface area contributed by atoms with Crippen molar-refractivity contribution in [3.8, 4) is 0 Å². The standard InChI is InChI=1S/C19H35N5S.HI/c1-4-20-19(22-12-10-18-23-15-17(3)25-18)21-11-6-8-14-24-13-7-5-9-16(24)2;/h15-16H,4-14H2,1-3H3,(H2,20,21,22);1H. The molecule has 150 valence electrons. The van der Waals surface area contributed by atoms with Crippen LogP contribution in [0.2, 0.25) is 0 Å². The molecule has 0 spiro atoms. The van der Waals surface area contributed by atoms with Gasteiger partial charge in [-0.15, -0.1) is 35.3 Å². The number of nitrogens with zero attached hydrogens (tertiary/aromatic N) is 3. The summed E-state index contributed by atoms with van der Waals surface area (Å²) >= 11 is 1.77. The molecule has 1 saturated heterocycles. The van der Waals surface area contributed by atoms with Crippen LogP contribution in [0.5, 0.6) is 0 Å². The van der Waals surface area contributed by atoms with E-state index in [1.54, 1.807) is 11.3 Å². The van der Waals surface area contributed by atoms with Crippen LogP contribution in [0.3, 0.4) is 0 Å². The van der Waals surface area contributed by atoms with Crippen molar-refractivity contribution in [2.24, 2.45) is 4.99 Å². The lowest BCUT2D eigenvalue weighted by Crippen LogP contribution is -2.38. The summed E-state index contributed by atoms with van der Waals surface area (Å²) in [5.41, 5.74) is 0. The van der Waals surface area contributed by atoms with E-state index in [1.165, 1.54) is 48.7 Å². The van der Waals surface area contributed by atoms with Crippen molar-refractivity contribution in [3.05, 3.63) is 16.1 Å². The highest BCUT2D eigenvalue weighted by molar-refractivity contribution is 14.0. The van der Waals surface area contributed by atoms with E-state index in [-0.39, 0.29) is 24.0 Å². The van der Waals surface area contributed by atoms with Gasteiger partial charge < -0.3 is 15.5 Å². The average Bonchev–Trinajstić information content (AvgIpc) is 3.01. The third kappa shape index (κ3) is 8.99. The minimum atomic E-state index is 0. The summed E-state index contributed by atoms with van der Waals surface area (Å²) in [4.78, 5) is 13.0. The van der Waals surface area contributed by atoms with Gasteiger partial charge in [-0.2, -0.15) is 0 Å². The van der Waals surface area contributed by atoms with E-state index in [2.05, 4.69) is 41.3 Å². The molecule has 0 aromatic carbocycles. The molecule has 2 N–H and O–H groups in total. The van der Waals surface area contributed by atoms with E-state index >= 15 is 0 Å². The molecule has 2 rings (SSSR count). The molecule has 2 heterocycles. The Kier molecular flexibility index (Phi) is 12.5. The zero-order valence-electron chi connectivity index (χ0n) is 16.6. The Labute approximate surface area is 180 Å². The summed E-state index contributed by atoms with van der Waals surface area (Å²) in [5, 5.41) is 7.94. The van der Waals surface area contributed by atoms with Gasteiger partial charge >= 0.3 is 0 Å². The summed E-state index contributed by atoms with van der Waals surface area (Å²) in [6, 6.07) is 0.769. The van der Waals surface area contributed by atoms with Gasteiger partial charge in [-0.1, -0.05) is 6.42 Å². The number of guanidine groups is 1. The molecule has 0 bridgehead atoms. The van der Waals surface area contributed by atoms with Crippen LogP contribution in [0.15, 0.2) is 11.2 Å². The Balaban J connectivity index is 0.00000338. The molecule has 0 radical (unpaired) electrons. The second-order valence-corrected chi connectivity index (χ2v) is 8.21. The van der Waals surface area contributed by atoms with Crippen LogP contribution >= 0.6 is 35.3 Å². The lowest BCUT2D eigenvalue weighted by Gasteiger charge is -2.33. The molecule has 0 aliphatic carbocycles.